The van der Waals surface area contributed by atoms with Crippen molar-refractivity contribution in [1.82, 2.24) is 0 Å². The number of urea groups is 1. The molecule has 2 N–H and O–H groups in total. The average Bonchev–Trinajstić information content (AvgIpc) is 2.72. The molecule has 0 bridgehead atoms. The number of nitrogens with two attached hydrogens (primary N) is 1. The van der Waals surface area contributed by atoms with E-state index >= 15 is 0 Å². The van der Waals surface area contributed by atoms with Gasteiger partial charge in [-0.15, -0.1) is 0 Å². The predicted molar refractivity (Wildman–Crippen MR) is 102 cm³/mol. The Balaban J connectivity index is 2.05. The van der Waals surface area contributed by atoms with Crippen LogP contribution < -0.4 is 10.6 Å². The summed E-state index contributed by atoms with van der Waals surface area (Å²) in [6, 6.07) is 14.0. The molecule has 0 aliphatic carbocycles. The van der Waals surface area contributed by atoms with Crippen LogP contribution in [0.2, 0.25) is 0 Å². The maximum Gasteiger partial charge on any atom is 0.535 e. The van der Waals surface area contributed by atoms with Gasteiger partial charge in [0, 0.05) is 12.0 Å². The fraction of sp³-hybridized carbons (Fsp3) is 0.250. The molecule has 1 aliphatic heterocycles. The number of oxime groups is 1. The molecule has 0 saturated heterocycles. The van der Waals surface area contributed by atoms with Crippen molar-refractivity contribution >= 4 is 29.3 Å². The summed E-state index contributed by atoms with van der Waals surface area (Å²) in [6.07, 6.45) is -0.531. The van der Waals surface area contributed by atoms with Gasteiger partial charge in [-0.3, -0.25) is 9.74 Å². The van der Waals surface area contributed by atoms with Crippen molar-refractivity contribution in [2.75, 3.05) is 4.90 Å². The molecule has 1 aliphatic rings. The summed E-state index contributed by atoms with van der Waals surface area (Å²) in [4.78, 5) is 30.5. The Morgan fingerprint density at radius 3 is 2.33 bits per heavy atom. The minimum absolute atomic E-state index is 0.361. The topological polar surface area (TPSA) is 94.2 Å². The minimum Gasteiger partial charge on any atom is -0.427 e. The average molecular weight is 367 g/mol. The summed E-state index contributed by atoms with van der Waals surface area (Å²) in [5.74, 6) is 0. The highest BCUT2D eigenvalue weighted by atomic mass is 16.8. The van der Waals surface area contributed by atoms with E-state index in [1.54, 1.807) is 39.0 Å². The van der Waals surface area contributed by atoms with E-state index in [4.69, 9.17) is 15.3 Å². The van der Waals surface area contributed by atoms with E-state index in [1.807, 2.05) is 30.3 Å². The molecule has 0 fully saturated rings. The van der Waals surface area contributed by atoms with Gasteiger partial charge in [0.05, 0.1) is 17.1 Å². The van der Waals surface area contributed by atoms with E-state index in [-0.39, 0.29) is 0 Å². The predicted octanol–water partition coefficient (Wildman–Crippen LogP) is 4.12. The molecule has 0 aromatic heterocycles. The van der Waals surface area contributed by atoms with E-state index in [9.17, 15) is 9.59 Å². The first-order chi connectivity index (χ1) is 12.8. The Kier molecular flexibility index (Phi) is 4.85. The molecule has 0 radical (unpaired) electrons. The van der Waals surface area contributed by atoms with Crippen LogP contribution in [0.5, 0.6) is 0 Å². The quantitative estimate of drug-likeness (QED) is 0.466. The number of para-hydroxylation sites is 2. The van der Waals surface area contributed by atoms with Crippen molar-refractivity contribution in [2.24, 2.45) is 10.9 Å². The minimum atomic E-state index is -0.892. The molecular weight excluding hydrogens is 346 g/mol. The fourth-order valence-electron chi connectivity index (χ4n) is 2.88. The standard InChI is InChI=1S/C20H21N3O4/c1-20(2,3)26-19(25)27-22-15-12-13-8-4-6-10-16(13)23(18(21)24)17-11-7-5-9-14(15)17/h4-11H,12H2,1-3H3,(H2,21,24)/b22-15+. The van der Waals surface area contributed by atoms with Gasteiger partial charge in [0.1, 0.15) is 5.60 Å². The Hall–Kier alpha value is -3.35. The molecule has 140 valence electrons. The van der Waals surface area contributed by atoms with Gasteiger partial charge in [0.25, 0.3) is 0 Å². The van der Waals surface area contributed by atoms with Gasteiger partial charge in [-0.1, -0.05) is 41.6 Å². The van der Waals surface area contributed by atoms with E-state index < -0.39 is 17.8 Å². The number of rotatable bonds is 1. The molecule has 2 amide bonds. The second-order valence-electron chi connectivity index (χ2n) is 7.09. The lowest BCUT2D eigenvalue weighted by Crippen LogP contribution is -2.32. The van der Waals surface area contributed by atoms with Crippen LogP contribution in [0.25, 0.3) is 0 Å². The normalized spacial score (nSPS) is 14.8. The van der Waals surface area contributed by atoms with E-state index in [0.717, 1.165) is 5.56 Å². The number of hydrogen-bond donors (Lipinski definition) is 1. The zero-order valence-electron chi connectivity index (χ0n) is 15.4. The monoisotopic (exact) mass is 367 g/mol. The van der Waals surface area contributed by atoms with Gasteiger partial charge in [-0.25, -0.2) is 9.59 Å². The number of ether oxygens (including phenoxy) is 1. The van der Waals surface area contributed by atoms with Crippen LogP contribution in [0, 0.1) is 0 Å². The van der Waals surface area contributed by atoms with Crippen molar-refractivity contribution < 1.29 is 19.2 Å². The van der Waals surface area contributed by atoms with Gasteiger partial charge in [-0.2, -0.15) is 0 Å². The molecule has 0 saturated carbocycles. The third kappa shape index (κ3) is 4.08. The summed E-state index contributed by atoms with van der Waals surface area (Å²) < 4.78 is 5.12. The number of benzene rings is 2. The van der Waals surface area contributed by atoms with Crippen LogP contribution in [0.4, 0.5) is 21.0 Å². The maximum absolute atomic E-state index is 12.2. The number of amides is 2. The summed E-state index contributed by atoms with van der Waals surface area (Å²) >= 11 is 0. The van der Waals surface area contributed by atoms with Gasteiger partial charge in [0.15, 0.2) is 0 Å². The molecule has 3 rings (SSSR count). The molecule has 7 heteroatoms. The molecule has 0 atom stereocenters. The highest BCUT2D eigenvalue weighted by Gasteiger charge is 2.27. The van der Waals surface area contributed by atoms with Crippen molar-refractivity contribution in [2.45, 2.75) is 32.8 Å². The molecule has 1 heterocycles. The smallest absolute Gasteiger partial charge is 0.427 e. The number of carbonyl (C=O) groups excluding carboxylic acids is 2. The Morgan fingerprint density at radius 2 is 1.67 bits per heavy atom. The maximum atomic E-state index is 12.2. The van der Waals surface area contributed by atoms with Crippen molar-refractivity contribution in [1.29, 1.82) is 0 Å². The second kappa shape index (κ2) is 7.11. The van der Waals surface area contributed by atoms with Gasteiger partial charge < -0.3 is 10.5 Å². The van der Waals surface area contributed by atoms with Gasteiger partial charge in [0.2, 0.25) is 0 Å². The van der Waals surface area contributed by atoms with E-state index in [1.165, 1.54) is 4.90 Å². The van der Waals surface area contributed by atoms with Gasteiger partial charge >= 0.3 is 12.2 Å². The lowest BCUT2D eigenvalue weighted by Gasteiger charge is -2.22. The SMILES string of the molecule is CC(C)(C)OC(=O)O/N=C1\Cc2ccccc2N(C(N)=O)c2ccccc21. The van der Waals surface area contributed by atoms with Crippen LogP contribution in [0.3, 0.4) is 0 Å². The lowest BCUT2D eigenvalue weighted by molar-refractivity contribution is -0.00625. The van der Waals surface area contributed by atoms with Crippen molar-refractivity contribution in [3.05, 3.63) is 59.7 Å². The summed E-state index contributed by atoms with van der Waals surface area (Å²) in [6.45, 7) is 5.22. The number of primary amides is 1. The largest absolute Gasteiger partial charge is 0.535 e. The highest BCUT2D eigenvalue weighted by molar-refractivity contribution is 6.13. The van der Waals surface area contributed by atoms with Crippen molar-refractivity contribution in [3.63, 3.8) is 0 Å². The first kappa shape index (κ1) is 18.4. The molecule has 27 heavy (non-hydrogen) atoms. The van der Waals surface area contributed by atoms with Crippen molar-refractivity contribution in [3.8, 4) is 0 Å². The Morgan fingerprint density at radius 1 is 1.04 bits per heavy atom. The molecule has 7 nitrogen and oxygen atoms in total. The summed E-state index contributed by atoms with van der Waals surface area (Å²) in [7, 11) is 0. The van der Waals surface area contributed by atoms with Gasteiger partial charge in [-0.05, 0) is 38.5 Å². The molecule has 0 unspecified atom stereocenters. The summed E-state index contributed by atoms with van der Waals surface area (Å²) in [5.41, 5.74) is 8.17. The van der Waals surface area contributed by atoms with Crippen LogP contribution >= 0.6 is 0 Å². The van der Waals surface area contributed by atoms with E-state index in [2.05, 4.69) is 5.16 Å². The lowest BCUT2D eigenvalue weighted by atomic mass is 10.0. The number of fused-ring (bicyclic) bond motifs is 2. The highest BCUT2D eigenvalue weighted by Crippen LogP contribution is 2.36. The number of carbonyl (C=O) groups is 2. The van der Waals surface area contributed by atoms with Crippen LogP contribution in [-0.4, -0.2) is 23.5 Å². The van der Waals surface area contributed by atoms with Crippen LogP contribution in [0.1, 0.15) is 31.9 Å². The molecule has 2 aromatic carbocycles. The van der Waals surface area contributed by atoms with Crippen LogP contribution in [0.15, 0.2) is 53.7 Å². The third-order valence-corrected chi connectivity index (χ3v) is 3.89. The third-order valence-electron chi connectivity index (χ3n) is 3.89. The molecule has 2 aromatic rings. The molecular formula is C20H21N3O4. The zero-order chi connectivity index (χ0) is 19.6. The molecule has 0 spiro atoms. The number of hydrogen-bond acceptors (Lipinski definition) is 5. The summed E-state index contributed by atoms with van der Waals surface area (Å²) in [5, 5.41) is 4.02. The van der Waals surface area contributed by atoms with Crippen LogP contribution in [-0.2, 0) is 16.0 Å². The fourth-order valence-corrected chi connectivity index (χ4v) is 2.88. The number of nitrogens with zero attached hydrogens (tertiary/aromatic N) is 2. The van der Waals surface area contributed by atoms with E-state index in [0.29, 0.717) is 29.1 Å². The Bertz CT molecular complexity index is 915. The second-order valence-corrected chi connectivity index (χ2v) is 7.09. The zero-order valence-corrected chi connectivity index (χ0v) is 15.4. The number of anilines is 2. The Labute approximate surface area is 157 Å². The first-order valence-corrected chi connectivity index (χ1v) is 8.50. The first-order valence-electron chi connectivity index (χ1n) is 8.50.